The number of carbonyl (C=O) groups excluding carboxylic acids is 1. The Kier molecular flexibility index (Phi) is 3.69. The maximum Gasteiger partial charge on any atom is 0.267 e. The highest BCUT2D eigenvalue weighted by atomic mass is 32.2. The molecule has 1 aliphatic heterocycles. The van der Waals surface area contributed by atoms with Crippen molar-refractivity contribution in [3.63, 3.8) is 0 Å². The number of rotatable bonds is 3. The van der Waals surface area contributed by atoms with E-state index in [-0.39, 0.29) is 17.9 Å². The Morgan fingerprint density at radius 2 is 2.10 bits per heavy atom. The van der Waals surface area contributed by atoms with E-state index in [9.17, 15) is 9.59 Å². The molecule has 0 saturated carbocycles. The SMILES string of the molecule is O=C(Cn1nc2c(cc1=O)CSCC2)c1ccccc1. The maximum atomic E-state index is 12.1. The molecule has 0 N–H and O–H groups in total. The number of benzene rings is 1. The van der Waals surface area contributed by atoms with E-state index in [0.717, 1.165) is 29.2 Å². The standard InChI is InChI=1S/C15H14N2O2S/c18-14(11-4-2-1-3-5-11)9-17-15(19)8-12-10-20-7-6-13(12)16-17/h1-5,8H,6-7,9-10H2. The van der Waals surface area contributed by atoms with Crippen LogP contribution in [0.5, 0.6) is 0 Å². The van der Waals surface area contributed by atoms with Gasteiger partial charge in [0.05, 0.1) is 5.69 Å². The van der Waals surface area contributed by atoms with Gasteiger partial charge in [-0.15, -0.1) is 0 Å². The van der Waals surface area contributed by atoms with Crippen LogP contribution in [0, 0.1) is 0 Å². The van der Waals surface area contributed by atoms with Crippen molar-refractivity contribution in [2.75, 3.05) is 5.75 Å². The number of hydrogen-bond donors (Lipinski definition) is 0. The molecule has 0 atom stereocenters. The molecule has 2 heterocycles. The van der Waals surface area contributed by atoms with E-state index in [1.54, 1.807) is 18.2 Å². The molecule has 0 unspecified atom stereocenters. The second-order valence-corrected chi connectivity index (χ2v) is 5.81. The van der Waals surface area contributed by atoms with Crippen molar-refractivity contribution in [2.45, 2.75) is 18.7 Å². The third kappa shape index (κ3) is 2.67. The molecule has 3 rings (SSSR count). The van der Waals surface area contributed by atoms with Crippen LogP contribution < -0.4 is 5.56 Å². The third-order valence-electron chi connectivity index (χ3n) is 3.29. The molecule has 0 spiro atoms. The van der Waals surface area contributed by atoms with Crippen molar-refractivity contribution in [3.05, 3.63) is 63.6 Å². The number of fused-ring (bicyclic) bond motifs is 1. The van der Waals surface area contributed by atoms with Gasteiger partial charge in [0.1, 0.15) is 6.54 Å². The molecule has 4 nitrogen and oxygen atoms in total. The van der Waals surface area contributed by atoms with Crippen molar-refractivity contribution in [2.24, 2.45) is 0 Å². The van der Waals surface area contributed by atoms with Crippen LogP contribution in [0.1, 0.15) is 21.6 Å². The predicted octanol–water partition coefficient (Wildman–Crippen LogP) is 1.92. The zero-order valence-corrected chi connectivity index (χ0v) is 11.7. The number of thioether (sulfide) groups is 1. The van der Waals surface area contributed by atoms with Crippen LogP contribution in [0.4, 0.5) is 0 Å². The summed E-state index contributed by atoms with van der Waals surface area (Å²) in [5.74, 6) is 1.76. The Morgan fingerprint density at radius 3 is 2.90 bits per heavy atom. The Hall–Kier alpha value is -1.88. The van der Waals surface area contributed by atoms with Gasteiger partial charge in [0.2, 0.25) is 0 Å². The van der Waals surface area contributed by atoms with Gasteiger partial charge in [-0.2, -0.15) is 16.9 Å². The van der Waals surface area contributed by atoms with Gasteiger partial charge < -0.3 is 0 Å². The van der Waals surface area contributed by atoms with E-state index in [0.29, 0.717) is 5.56 Å². The van der Waals surface area contributed by atoms with Crippen molar-refractivity contribution in [1.29, 1.82) is 0 Å². The normalized spacial score (nSPS) is 13.8. The lowest BCUT2D eigenvalue weighted by molar-refractivity contribution is 0.0965. The summed E-state index contributed by atoms with van der Waals surface area (Å²) in [4.78, 5) is 24.1. The summed E-state index contributed by atoms with van der Waals surface area (Å²) in [6, 6.07) is 10.6. The number of carbonyl (C=O) groups is 1. The quantitative estimate of drug-likeness (QED) is 0.809. The molecular weight excluding hydrogens is 272 g/mol. The van der Waals surface area contributed by atoms with Crippen LogP contribution in [0.3, 0.4) is 0 Å². The topological polar surface area (TPSA) is 52.0 Å². The number of nitrogens with zero attached hydrogens (tertiary/aromatic N) is 2. The first-order valence-electron chi connectivity index (χ1n) is 6.50. The summed E-state index contributed by atoms with van der Waals surface area (Å²) in [6.45, 7) is 0.00324. The molecule has 0 saturated heterocycles. The van der Waals surface area contributed by atoms with Crippen LogP contribution >= 0.6 is 11.8 Å². The highest BCUT2D eigenvalue weighted by Crippen LogP contribution is 2.21. The molecule has 0 aliphatic carbocycles. The number of aromatic nitrogens is 2. The second-order valence-electron chi connectivity index (χ2n) is 4.70. The van der Waals surface area contributed by atoms with E-state index < -0.39 is 0 Å². The molecular formula is C15H14N2O2S. The second kappa shape index (κ2) is 5.63. The van der Waals surface area contributed by atoms with Crippen molar-refractivity contribution in [3.8, 4) is 0 Å². The summed E-state index contributed by atoms with van der Waals surface area (Å²) in [6.07, 6.45) is 0.861. The van der Waals surface area contributed by atoms with E-state index in [1.807, 2.05) is 30.0 Å². The lowest BCUT2D eigenvalue weighted by Crippen LogP contribution is -2.29. The fourth-order valence-electron chi connectivity index (χ4n) is 2.22. The highest BCUT2D eigenvalue weighted by molar-refractivity contribution is 7.98. The van der Waals surface area contributed by atoms with E-state index in [1.165, 1.54) is 4.68 Å². The maximum absolute atomic E-state index is 12.1. The third-order valence-corrected chi connectivity index (χ3v) is 4.30. The molecule has 0 radical (unpaired) electrons. The highest BCUT2D eigenvalue weighted by Gasteiger charge is 2.15. The molecule has 2 aromatic rings. The van der Waals surface area contributed by atoms with Gasteiger partial charge in [-0.1, -0.05) is 30.3 Å². The first-order chi connectivity index (χ1) is 9.74. The van der Waals surface area contributed by atoms with Crippen LogP contribution in [0.2, 0.25) is 0 Å². The molecule has 1 aliphatic rings. The average molecular weight is 286 g/mol. The lowest BCUT2D eigenvalue weighted by atomic mass is 10.1. The van der Waals surface area contributed by atoms with Crippen LogP contribution in [-0.2, 0) is 18.7 Å². The van der Waals surface area contributed by atoms with Gasteiger partial charge in [-0.3, -0.25) is 9.59 Å². The van der Waals surface area contributed by atoms with E-state index >= 15 is 0 Å². The molecule has 1 aromatic heterocycles. The number of hydrogen-bond acceptors (Lipinski definition) is 4. The molecule has 102 valence electrons. The first-order valence-corrected chi connectivity index (χ1v) is 7.65. The smallest absolute Gasteiger partial charge is 0.267 e. The van der Waals surface area contributed by atoms with Gasteiger partial charge in [0.25, 0.3) is 5.56 Å². The minimum absolute atomic E-state index is 0.00324. The Balaban J connectivity index is 1.88. The summed E-state index contributed by atoms with van der Waals surface area (Å²) in [7, 11) is 0. The summed E-state index contributed by atoms with van der Waals surface area (Å²) < 4.78 is 1.28. The minimum Gasteiger partial charge on any atom is -0.292 e. The lowest BCUT2D eigenvalue weighted by Gasteiger charge is -2.15. The van der Waals surface area contributed by atoms with E-state index in [2.05, 4.69) is 5.10 Å². The number of Topliss-reactive ketones (excluding diaryl/α,β-unsaturated/α-hetero) is 1. The molecule has 20 heavy (non-hydrogen) atoms. The number of ketones is 1. The first kappa shape index (κ1) is 13.1. The van der Waals surface area contributed by atoms with Crippen molar-refractivity contribution in [1.82, 2.24) is 9.78 Å². The van der Waals surface area contributed by atoms with Gasteiger partial charge >= 0.3 is 0 Å². The molecule has 0 bridgehead atoms. The van der Waals surface area contributed by atoms with Crippen LogP contribution in [0.25, 0.3) is 0 Å². The van der Waals surface area contributed by atoms with Gasteiger partial charge in [0.15, 0.2) is 5.78 Å². The summed E-state index contributed by atoms with van der Waals surface area (Å²) in [5, 5.41) is 4.35. The Labute approximate surface area is 120 Å². The Bertz CT molecular complexity index is 695. The van der Waals surface area contributed by atoms with Crippen LogP contribution in [-0.4, -0.2) is 21.3 Å². The largest absolute Gasteiger partial charge is 0.292 e. The monoisotopic (exact) mass is 286 g/mol. The number of aryl methyl sites for hydroxylation is 1. The summed E-state index contributed by atoms with van der Waals surface area (Å²) in [5.41, 5.74) is 2.36. The molecule has 5 heteroatoms. The molecule has 0 fully saturated rings. The Morgan fingerprint density at radius 1 is 1.30 bits per heavy atom. The van der Waals surface area contributed by atoms with Crippen molar-refractivity contribution >= 4 is 17.5 Å². The van der Waals surface area contributed by atoms with Gasteiger partial charge in [-0.25, -0.2) is 4.68 Å². The van der Waals surface area contributed by atoms with Gasteiger partial charge in [0, 0.05) is 23.8 Å². The summed E-state index contributed by atoms with van der Waals surface area (Å²) >= 11 is 1.81. The molecule has 0 amide bonds. The van der Waals surface area contributed by atoms with Crippen molar-refractivity contribution < 1.29 is 4.79 Å². The minimum atomic E-state index is -0.199. The molecule has 1 aromatic carbocycles. The zero-order valence-electron chi connectivity index (χ0n) is 10.9. The predicted molar refractivity (Wildman–Crippen MR) is 79.1 cm³/mol. The fourth-order valence-corrected chi connectivity index (χ4v) is 3.17. The van der Waals surface area contributed by atoms with E-state index in [4.69, 9.17) is 0 Å². The average Bonchev–Trinajstić information content (AvgIpc) is 2.49. The van der Waals surface area contributed by atoms with Crippen LogP contribution in [0.15, 0.2) is 41.2 Å². The van der Waals surface area contributed by atoms with Gasteiger partial charge in [-0.05, 0) is 11.3 Å². The fraction of sp³-hybridized carbons (Fsp3) is 0.267. The zero-order chi connectivity index (χ0) is 13.9.